The molecule has 0 amide bonds. The zero-order valence-electron chi connectivity index (χ0n) is 7.06. The maximum absolute atomic E-state index is 5.32. The molecule has 0 aliphatic heterocycles. The van der Waals surface area contributed by atoms with Crippen molar-refractivity contribution in [3.05, 3.63) is 11.9 Å². The van der Waals surface area contributed by atoms with Crippen LogP contribution in [0.5, 0.6) is 0 Å². The average molecular weight is 158 g/mol. The molecule has 0 rings (SSSR count). The molecule has 0 saturated carbocycles. The van der Waals surface area contributed by atoms with Gasteiger partial charge in [0.15, 0.2) is 0 Å². The van der Waals surface area contributed by atoms with Gasteiger partial charge in [-0.25, -0.2) is 0 Å². The molecule has 0 radical (unpaired) electrons. The van der Waals surface area contributed by atoms with Crippen molar-refractivity contribution in [1.82, 2.24) is 10.6 Å². The Balaban J connectivity index is 3.43. The van der Waals surface area contributed by atoms with E-state index in [-0.39, 0.29) is 0 Å². The van der Waals surface area contributed by atoms with Crippen LogP contribution < -0.4 is 22.1 Å². The summed E-state index contributed by atoms with van der Waals surface area (Å²) < 4.78 is 0. The molecule has 0 saturated heterocycles. The van der Waals surface area contributed by atoms with Gasteiger partial charge < -0.3 is 22.1 Å². The summed E-state index contributed by atoms with van der Waals surface area (Å²) in [6.45, 7) is 4.82. The molecule has 0 spiro atoms. The molecule has 4 heteroatoms. The topological polar surface area (TPSA) is 76.1 Å². The number of hydrogen-bond donors (Lipinski definition) is 4. The molecule has 11 heavy (non-hydrogen) atoms. The van der Waals surface area contributed by atoms with Crippen molar-refractivity contribution in [1.29, 1.82) is 0 Å². The minimum Gasteiger partial charge on any atom is -0.371 e. The van der Waals surface area contributed by atoms with E-state index < -0.39 is 0 Å². The Labute approximate surface area is 68.0 Å². The summed E-state index contributed by atoms with van der Waals surface area (Å²) >= 11 is 0. The second kappa shape index (κ2) is 7.37. The summed E-state index contributed by atoms with van der Waals surface area (Å²) in [6.07, 6.45) is 1.96. The third kappa shape index (κ3) is 5.69. The van der Waals surface area contributed by atoms with E-state index >= 15 is 0 Å². The Kier molecular flexibility index (Phi) is 6.87. The third-order valence-corrected chi connectivity index (χ3v) is 1.21. The minimum atomic E-state index is 0.641. The van der Waals surface area contributed by atoms with E-state index in [0.717, 1.165) is 18.9 Å². The van der Waals surface area contributed by atoms with Crippen LogP contribution in [0.1, 0.15) is 6.92 Å². The highest BCUT2D eigenvalue weighted by Crippen LogP contribution is 1.79. The fourth-order valence-corrected chi connectivity index (χ4v) is 0.680. The molecule has 0 aromatic rings. The highest BCUT2D eigenvalue weighted by Gasteiger charge is 1.89. The van der Waals surface area contributed by atoms with Crippen LogP contribution in [-0.2, 0) is 0 Å². The molecular weight excluding hydrogens is 140 g/mol. The summed E-state index contributed by atoms with van der Waals surface area (Å²) in [4.78, 5) is 0. The lowest BCUT2D eigenvalue weighted by Gasteiger charge is -2.10. The van der Waals surface area contributed by atoms with Crippen molar-refractivity contribution in [2.24, 2.45) is 11.5 Å². The molecule has 0 unspecified atom stereocenters. The molecule has 6 N–H and O–H groups in total. The molecule has 0 aliphatic carbocycles. The van der Waals surface area contributed by atoms with E-state index in [2.05, 4.69) is 10.6 Å². The first-order chi connectivity index (χ1) is 5.35. The maximum atomic E-state index is 5.32. The lowest BCUT2D eigenvalue weighted by molar-refractivity contribution is 0.682. The monoisotopic (exact) mass is 158 g/mol. The van der Waals surface area contributed by atoms with E-state index in [4.69, 9.17) is 11.5 Å². The number of nitrogens with one attached hydrogen (secondary N) is 2. The van der Waals surface area contributed by atoms with Crippen LogP contribution in [0, 0.1) is 0 Å². The van der Waals surface area contributed by atoms with Crippen LogP contribution >= 0.6 is 0 Å². The van der Waals surface area contributed by atoms with Gasteiger partial charge in [-0.1, -0.05) is 0 Å². The largest absolute Gasteiger partial charge is 0.371 e. The second-order valence-electron chi connectivity index (χ2n) is 2.13. The van der Waals surface area contributed by atoms with Crippen molar-refractivity contribution in [2.75, 3.05) is 26.2 Å². The van der Waals surface area contributed by atoms with Gasteiger partial charge in [-0.2, -0.15) is 0 Å². The van der Waals surface area contributed by atoms with Crippen LogP contribution in [0.3, 0.4) is 0 Å². The Morgan fingerprint density at radius 1 is 1.18 bits per heavy atom. The highest BCUT2D eigenvalue weighted by atomic mass is 15.1. The van der Waals surface area contributed by atoms with Crippen LogP contribution in [-0.4, -0.2) is 26.2 Å². The van der Waals surface area contributed by atoms with Gasteiger partial charge in [0.05, 0.1) is 5.82 Å². The summed E-state index contributed by atoms with van der Waals surface area (Å²) in [5.41, 5.74) is 10.6. The van der Waals surface area contributed by atoms with Crippen LogP contribution in [0.15, 0.2) is 11.9 Å². The molecule has 0 heterocycles. The first kappa shape index (κ1) is 10.3. The van der Waals surface area contributed by atoms with Gasteiger partial charge in [-0.15, -0.1) is 0 Å². The number of allylic oxidation sites excluding steroid dienone is 1. The van der Waals surface area contributed by atoms with Gasteiger partial charge in [0, 0.05) is 26.2 Å². The molecule has 0 bridgehead atoms. The molecule has 0 aliphatic rings. The molecule has 4 nitrogen and oxygen atoms in total. The third-order valence-electron chi connectivity index (χ3n) is 1.21. The Morgan fingerprint density at radius 3 is 1.91 bits per heavy atom. The number of rotatable bonds is 6. The molecule has 0 aromatic carbocycles. The molecular formula is C7H18N4. The normalized spacial score (nSPS) is 9.00. The standard InChI is InChI=1S/C7H18N4/c1-2-7(10-5-3-8)11-6-4-9/h2,10-11H,3-6,8-9H2,1H3. The molecule has 66 valence electrons. The number of hydrogen-bond acceptors (Lipinski definition) is 4. The first-order valence-corrected chi connectivity index (χ1v) is 3.89. The van der Waals surface area contributed by atoms with Gasteiger partial charge in [-0.05, 0) is 13.0 Å². The predicted molar refractivity (Wildman–Crippen MR) is 47.9 cm³/mol. The summed E-state index contributed by atoms with van der Waals surface area (Å²) in [5, 5.41) is 6.25. The SMILES string of the molecule is CC=C(NCCN)NCCN. The van der Waals surface area contributed by atoms with Gasteiger partial charge >= 0.3 is 0 Å². The Hall–Kier alpha value is -0.740. The van der Waals surface area contributed by atoms with E-state index in [0.29, 0.717) is 13.1 Å². The smallest absolute Gasteiger partial charge is 0.0943 e. The van der Waals surface area contributed by atoms with Gasteiger partial charge in [-0.3, -0.25) is 0 Å². The van der Waals surface area contributed by atoms with E-state index in [1.807, 2.05) is 13.0 Å². The zero-order chi connectivity index (χ0) is 8.53. The predicted octanol–water partition coefficient (Wildman–Crippen LogP) is -1.06. The van der Waals surface area contributed by atoms with Gasteiger partial charge in [0.1, 0.15) is 0 Å². The Morgan fingerprint density at radius 2 is 1.64 bits per heavy atom. The maximum Gasteiger partial charge on any atom is 0.0943 e. The minimum absolute atomic E-state index is 0.641. The lowest BCUT2D eigenvalue weighted by Crippen LogP contribution is -2.32. The van der Waals surface area contributed by atoms with Crippen molar-refractivity contribution in [2.45, 2.75) is 6.92 Å². The van der Waals surface area contributed by atoms with Gasteiger partial charge in [0.2, 0.25) is 0 Å². The van der Waals surface area contributed by atoms with Crippen molar-refractivity contribution < 1.29 is 0 Å². The van der Waals surface area contributed by atoms with E-state index in [9.17, 15) is 0 Å². The van der Waals surface area contributed by atoms with Gasteiger partial charge in [0.25, 0.3) is 0 Å². The molecule has 0 fully saturated rings. The average Bonchev–Trinajstić information content (AvgIpc) is 2.05. The summed E-state index contributed by atoms with van der Waals surface area (Å²) in [5.74, 6) is 1.00. The van der Waals surface area contributed by atoms with Crippen LogP contribution in [0.2, 0.25) is 0 Å². The van der Waals surface area contributed by atoms with Crippen molar-refractivity contribution in [3.8, 4) is 0 Å². The van der Waals surface area contributed by atoms with Crippen LogP contribution in [0.25, 0.3) is 0 Å². The Bertz CT molecular complexity index is 101. The molecule has 0 atom stereocenters. The first-order valence-electron chi connectivity index (χ1n) is 3.89. The zero-order valence-corrected chi connectivity index (χ0v) is 7.06. The second-order valence-corrected chi connectivity index (χ2v) is 2.13. The highest BCUT2D eigenvalue weighted by molar-refractivity contribution is 4.94. The van der Waals surface area contributed by atoms with E-state index in [1.54, 1.807) is 0 Å². The molecule has 0 aromatic heterocycles. The van der Waals surface area contributed by atoms with Crippen LogP contribution in [0.4, 0.5) is 0 Å². The summed E-state index contributed by atoms with van der Waals surface area (Å²) in [6, 6.07) is 0. The fourth-order valence-electron chi connectivity index (χ4n) is 0.680. The summed E-state index contributed by atoms with van der Waals surface area (Å²) in [7, 11) is 0. The number of nitrogens with two attached hydrogens (primary N) is 2. The van der Waals surface area contributed by atoms with E-state index in [1.165, 1.54) is 0 Å². The fraction of sp³-hybridized carbons (Fsp3) is 0.714. The van der Waals surface area contributed by atoms with Crippen molar-refractivity contribution in [3.63, 3.8) is 0 Å². The van der Waals surface area contributed by atoms with Crippen molar-refractivity contribution >= 4 is 0 Å². The quantitative estimate of drug-likeness (QED) is 0.397. The lowest BCUT2D eigenvalue weighted by atomic mass is 10.5.